The molecule has 210 valence electrons. The molecule has 9 heteroatoms. The van der Waals surface area contributed by atoms with Gasteiger partial charge < -0.3 is 14.3 Å². The number of rotatable bonds is 7. The highest BCUT2D eigenvalue weighted by Gasteiger charge is 2.33. The van der Waals surface area contributed by atoms with E-state index >= 15 is 0 Å². The lowest BCUT2D eigenvalue weighted by atomic mass is 9.93. The van der Waals surface area contributed by atoms with E-state index in [1.54, 1.807) is 48.8 Å². The van der Waals surface area contributed by atoms with Gasteiger partial charge in [-0.3, -0.25) is 9.36 Å². The van der Waals surface area contributed by atoms with Gasteiger partial charge >= 0.3 is 11.9 Å². The lowest BCUT2D eigenvalue weighted by molar-refractivity contribution is -0.139. The molecular weight excluding hydrogens is 540 g/mol. The van der Waals surface area contributed by atoms with Gasteiger partial charge in [0.1, 0.15) is 11.5 Å². The number of carbonyl (C=O) groups excluding carboxylic acids is 1. The summed E-state index contributed by atoms with van der Waals surface area (Å²) in [6.07, 6.45) is 1.66. The van der Waals surface area contributed by atoms with Crippen molar-refractivity contribution in [2.75, 3.05) is 6.61 Å². The van der Waals surface area contributed by atoms with Gasteiger partial charge in [-0.15, -0.1) is 0 Å². The number of hydrogen-bond acceptors (Lipinski definition) is 7. The van der Waals surface area contributed by atoms with Gasteiger partial charge in [-0.2, -0.15) is 0 Å². The van der Waals surface area contributed by atoms with E-state index < -0.39 is 18.0 Å². The second-order valence-electron chi connectivity index (χ2n) is 10.2. The van der Waals surface area contributed by atoms with Crippen molar-refractivity contribution in [3.63, 3.8) is 0 Å². The van der Waals surface area contributed by atoms with Crippen molar-refractivity contribution in [1.29, 1.82) is 0 Å². The third-order valence-corrected chi connectivity index (χ3v) is 8.06. The van der Waals surface area contributed by atoms with Gasteiger partial charge in [0.05, 0.1) is 34.0 Å². The number of aromatic nitrogens is 1. The van der Waals surface area contributed by atoms with E-state index in [-0.39, 0.29) is 17.7 Å². The van der Waals surface area contributed by atoms with E-state index in [0.29, 0.717) is 38.0 Å². The van der Waals surface area contributed by atoms with Crippen LogP contribution in [0.25, 0.3) is 17.4 Å². The minimum Gasteiger partial charge on any atom is -0.478 e. The van der Waals surface area contributed by atoms with E-state index in [9.17, 15) is 19.5 Å². The summed E-state index contributed by atoms with van der Waals surface area (Å²) in [7, 11) is 0. The normalized spacial score (nSPS) is 15.2. The number of furan rings is 1. The molecule has 0 unspecified atom stereocenters. The minimum atomic E-state index is -0.995. The topological polar surface area (TPSA) is 111 Å². The Balaban J connectivity index is 1.60. The SMILES string of the molecule is CCOC(=O)C1=C(C)N=c2s/c(=C\c3ccc(-c4ccc(C(=O)O)cc4C)o3)c(=O)n2[C@@H]1c1ccc(C(C)C)cc1. The van der Waals surface area contributed by atoms with Crippen molar-refractivity contribution >= 4 is 29.4 Å². The van der Waals surface area contributed by atoms with E-state index in [1.807, 2.05) is 31.2 Å². The molecule has 0 saturated carbocycles. The summed E-state index contributed by atoms with van der Waals surface area (Å²) in [6, 6.07) is 15.6. The van der Waals surface area contributed by atoms with Crippen LogP contribution in [0.5, 0.6) is 0 Å². The summed E-state index contributed by atoms with van der Waals surface area (Å²) in [5.74, 6) is -0.135. The van der Waals surface area contributed by atoms with Gasteiger partial charge in [-0.1, -0.05) is 55.5 Å². The van der Waals surface area contributed by atoms with Crippen LogP contribution in [0, 0.1) is 6.92 Å². The zero-order valence-corrected chi connectivity index (χ0v) is 24.2. The fourth-order valence-corrected chi connectivity index (χ4v) is 5.97. The molecule has 0 bridgehead atoms. The smallest absolute Gasteiger partial charge is 0.338 e. The van der Waals surface area contributed by atoms with Crippen LogP contribution in [0.1, 0.15) is 72.5 Å². The first-order valence-corrected chi connectivity index (χ1v) is 14.1. The Hall–Kier alpha value is -4.50. The maximum absolute atomic E-state index is 13.9. The molecule has 1 aliphatic rings. The van der Waals surface area contributed by atoms with Gasteiger partial charge in [0.15, 0.2) is 4.80 Å². The third-order valence-electron chi connectivity index (χ3n) is 7.07. The van der Waals surface area contributed by atoms with Crippen molar-refractivity contribution < 1.29 is 23.8 Å². The summed E-state index contributed by atoms with van der Waals surface area (Å²) < 4.78 is 13.4. The number of hydrogen-bond donors (Lipinski definition) is 1. The van der Waals surface area contributed by atoms with Gasteiger partial charge in [0.2, 0.25) is 0 Å². The zero-order valence-electron chi connectivity index (χ0n) is 23.4. The number of carbonyl (C=O) groups is 2. The first kappa shape index (κ1) is 28.0. The second kappa shape index (κ2) is 11.2. The Labute approximate surface area is 240 Å². The Morgan fingerprint density at radius 3 is 2.49 bits per heavy atom. The molecule has 4 aromatic rings. The van der Waals surface area contributed by atoms with Crippen LogP contribution in [-0.4, -0.2) is 28.2 Å². The maximum Gasteiger partial charge on any atom is 0.338 e. The Kier molecular flexibility index (Phi) is 7.64. The molecule has 0 spiro atoms. The largest absolute Gasteiger partial charge is 0.478 e. The Morgan fingerprint density at radius 2 is 1.85 bits per heavy atom. The number of aryl methyl sites for hydroxylation is 1. The molecule has 0 saturated heterocycles. The highest BCUT2D eigenvalue weighted by atomic mass is 32.1. The molecule has 0 amide bonds. The molecule has 2 aromatic heterocycles. The predicted octanol–water partition coefficient (Wildman–Crippen LogP) is 5.19. The van der Waals surface area contributed by atoms with Crippen molar-refractivity contribution in [3.8, 4) is 11.3 Å². The summed E-state index contributed by atoms with van der Waals surface area (Å²) in [4.78, 5) is 43.4. The van der Waals surface area contributed by atoms with Gasteiger partial charge in [0.25, 0.3) is 5.56 Å². The number of thiazole rings is 1. The van der Waals surface area contributed by atoms with Crippen LogP contribution in [0.15, 0.2) is 80.1 Å². The van der Waals surface area contributed by atoms with E-state index in [0.717, 1.165) is 22.3 Å². The lowest BCUT2D eigenvalue weighted by Crippen LogP contribution is -2.39. The van der Waals surface area contributed by atoms with Crippen LogP contribution in [0.4, 0.5) is 0 Å². The van der Waals surface area contributed by atoms with Gasteiger partial charge in [0, 0.05) is 11.6 Å². The quantitative estimate of drug-likeness (QED) is 0.306. The van der Waals surface area contributed by atoms with Gasteiger partial charge in [-0.05, 0) is 67.6 Å². The number of allylic oxidation sites excluding steroid dienone is 1. The first-order valence-electron chi connectivity index (χ1n) is 13.3. The zero-order chi connectivity index (χ0) is 29.4. The number of nitrogens with zero attached hydrogens (tertiary/aromatic N) is 2. The summed E-state index contributed by atoms with van der Waals surface area (Å²) >= 11 is 1.22. The van der Waals surface area contributed by atoms with Crippen molar-refractivity contribution in [3.05, 3.63) is 114 Å². The Morgan fingerprint density at radius 1 is 1.12 bits per heavy atom. The monoisotopic (exact) mass is 570 g/mol. The van der Waals surface area contributed by atoms with E-state index in [4.69, 9.17) is 9.15 Å². The highest BCUT2D eigenvalue weighted by Crippen LogP contribution is 2.32. The molecule has 1 aliphatic heterocycles. The predicted molar refractivity (Wildman–Crippen MR) is 157 cm³/mol. The van der Waals surface area contributed by atoms with Crippen molar-refractivity contribution in [2.45, 2.75) is 46.6 Å². The molecule has 0 aliphatic carbocycles. The molecule has 2 aromatic carbocycles. The number of carboxylic acid groups (broad SMARTS) is 1. The van der Waals surface area contributed by atoms with Crippen LogP contribution in [0.2, 0.25) is 0 Å². The number of esters is 1. The average Bonchev–Trinajstić information content (AvgIpc) is 3.52. The molecule has 0 radical (unpaired) electrons. The first-order chi connectivity index (χ1) is 19.6. The van der Waals surface area contributed by atoms with Crippen LogP contribution < -0.4 is 14.9 Å². The van der Waals surface area contributed by atoms with Crippen molar-refractivity contribution in [1.82, 2.24) is 4.57 Å². The van der Waals surface area contributed by atoms with Gasteiger partial charge in [-0.25, -0.2) is 14.6 Å². The molecule has 1 N–H and O–H groups in total. The lowest BCUT2D eigenvalue weighted by Gasteiger charge is -2.25. The molecule has 8 nitrogen and oxygen atoms in total. The number of ether oxygens (including phenoxy) is 1. The Bertz CT molecular complexity index is 1870. The fraction of sp³-hybridized carbons (Fsp3) is 0.250. The number of aromatic carboxylic acids is 1. The number of carboxylic acids is 1. The molecule has 41 heavy (non-hydrogen) atoms. The molecule has 5 rings (SSSR count). The van der Waals surface area contributed by atoms with E-state index in [2.05, 4.69) is 18.8 Å². The highest BCUT2D eigenvalue weighted by molar-refractivity contribution is 7.07. The van der Waals surface area contributed by atoms with Crippen LogP contribution >= 0.6 is 11.3 Å². The summed E-state index contributed by atoms with van der Waals surface area (Å²) in [6.45, 7) is 9.75. The van der Waals surface area contributed by atoms with E-state index in [1.165, 1.54) is 17.4 Å². The summed E-state index contributed by atoms with van der Waals surface area (Å²) in [5, 5.41) is 9.25. The molecule has 3 heterocycles. The fourth-order valence-electron chi connectivity index (χ4n) is 4.95. The standard InChI is InChI=1S/C32H30N2O6S/c1-6-39-31(38)27-19(5)33-32-34(28(27)21-9-7-20(8-10-21)17(2)3)29(35)26(41-32)16-23-12-14-25(40-23)24-13-11-22(30(36)37)15-18(24)4/h7-17,28H,6H2,1-5H3,(H,36,37)/b26-16-/t28-/m1/s1. The molecule has 0 fully saturated rings. The molecular formula is C32H30N2O6S. The van der Waals surface area contributed by atoms with Crippen LogP contribution in [-0.2, 0) is 9.53 Å². The maximum atomic E-state index is 13.9. The minimum absolute atomic E-state index is 0.199. The van der Waals surface area contributed by atoms with Crippen molar-refractivity contribution in [2.24, 2.45) is 4.99 Å². The number of benzene rings is 2. The van der Waals surface area contributed by atoms with Crippen LogP contribution in [0.3, 0.4) is 0 Å². The third kappa shape index (κ3) is 5.32. The molecule has 1 atom stereocenters. The number of fused-ring (bicyclic) bond motifs is 1. The summed E-state index contributed by atoms with van der Waals surface area (Å²) in [5.41, 5.74) is 4.22. The second-order valence-corrected chi connectivity index (χ2v) is 11.2. The average molecular weight is 571 g/mol.